The molecule has 0 saturated heterocycles. The number of benzene rings is 1. The number of aromatic nitrogens is 3. The number of H-pyrrole nitrogens is 1. The lowest BCUT2D eigenvalue weighted by molar-refractivity contribution is 0.102. The summed E-state index contributed by atoms with van der Waals surface area (Å²) in [5, 5.41) is 8.72. The summed E-state index contributed by atoms with van der Waals surface area (Å²) in [6.45, 7) is 3.46. The third-order valence-electron chi connectivity index (χ3n) is 2.19. The van der Waals surface area contributed by atoms with Gasteiger partial charge in [0.2, 0.25) is 5.95 Å². The van der Waals surface area contributed by atoms with Crippen molar-refractivity contribution in [3.63, 3.8) is 0 Å². The predicted molar refractivity (Wildman–Crippen MR) is 60.2 cm³/mol. The molecule has 0 radical (unpaired) electrons. The molecule has 1 aromatic carbocycles. The maximum atomic E-state index is 13.5. The molecule has 5 nitrogen and oxygen atoms in total. The molecule has 0 atom stereocenters. The van der Waals surface area contributed by atoms with Crippen molar-refractivity contribution in [2.75, 3.05) is 5.32 Å². The largest absolute Gasteiger partial charge is 0.289 e. The van der Waals surface area contributed by atoms with Crippen LogP contribution in [0.4, 0.5) is 10.3 Å². The Morgan fingerprint density at radius 1 is 1.41 bits per heavy atom. The zero-order chi connectivity index (χ0) is 12.4. The Morgan fingerprint density at radius 3 is 2.76 bits per heavy atom. The van der Waals surface area contributed by atoms with E-state index in [1.165, 1.54) is 12.1 Å². The first-order chi connectivity index (χ1) is 8.06. The number of amides is 1. The molecule has 88 valence electrons. The van der Waals surface area contributed by atoms with Gasteiger partial charge in [0.25, 0.3) is 5.91 Å². The fraction of sp³-hybridized carbons (Fsp3) is 0.182. The minimum atomic E-state index is -0.568. The van der Waals surface area contributed by atoms with Gasteiger partial charge >= 0.3 is 0 Å². The molecule has 0 bridgehead atoms. The second-order valence-corrected chi connectivity index (χ2v) is 3.68. The third-order valence-corrected chi connectivity index (χ3v) is 2.19. The van der Waals surface area contributed by atoms with Gasteiger partial charge in [-0.2, -0.15) is 4.98 Å². The number of nitrogens with one attached hydrogen (secondary N) is 2. The Bertz CT molecular complexity index is 564. The van der Waals surface area contributed by atoms with Crippen molar-refractivity contribution in [3.8, 4) is 0 Å². The van der Waals surface area contributed by atoms with Crippen LogP contribution in [0.5, 0.6) is 0 Å². The molecule has 2 aromatic rings. The minimum Gasteiger partial charge on any atom is -0.289 e. The van der Waals surface area contributed by atoms with E-state index in [4.69, 9.17) is 0 Å². The molecular formula is C11H11FN4O. The number of nitrogens with zero attached hydrogens (tertiary/aromatic N) is 2. The topological polar surface area (TPSA) is 70.7 Å². The molecule has 6 heteroatoms. The Balaban J connectivity index is 2.20. The van der Waals surface area contributed by atoms with E-state index in [1.807, 2.05) is 0 Å². The van der Waals surface area contributed by atoms with E-state index in [1.54, 1.807) is 19.9 Å². The molecule has 1 aromatic heterocycles. The average molecular weight is 234 g/mol. The Morgan fingerprint density at radius 2 is 2.18 bits per heavy atom. The molecule has 0 saturated carbocycles. The van der Waals surface area contributed by atoms with Gasteiger partial charge in [0.1, 0.15) is 11.6 Å². The zero-order valence-electron chi connectivity index (χ0n) is 9.41. The van der Waals surface area contributed by atoms with Crippen LogP contribution in [0.25, 0.3) is 0 Å². The van der Waals surface area contributed by atoms with Crippen LogP contribution in [0.2, 0.25) is 0 Å². The number of hydrogen-bond donors (Lipinski definition) is 2. The Hall–Kier alpha value is -2.24. The van der Waals surface area contributed by atoms with Crippen LogP contribution < -0.4 is 5.32 Å². The van der Waals surface area contributed by atoms with E-state index >= 15 is 0 Å². The van der Waals surface area contributed by atoms with E-state index < -0.39 is 11.7 Å². The number of aromatic amines is 1. The molecule has 17 heavy (non-hydrogen) atoms. The van der Waals surface area contributed by atoms with Crippen LogP contribution in [-0.2, 0) is 0 Å². The molecule has 0 aliphatic rings. The summed E-state index contributed by atoms with van der Waals surface area (Å²) in [5.74, 6) is -0.423. The molecule has 1 amide bonds. The number of aryl methyl sites for hydroxylation is 2. The summed E-state index contributed by atoms with van der Waals surface area (Å²) in [6.07, 6.45) is 0. The SMILES string of the molecule is Cc1ccc(C(=O)Nc2n[nH]c(C)n2)c(F)c1. The highest BCUT2D eigenvalue weighted by Gasteiger charge is 2.13. The molecule has 0 aliphatic heterocycles. The summed E-state index contributed by atoms with van der Waals surface area (Å²) >= 11 is 0. The molecule has 1 heterocycles. The summed E-state index contributed by atoms with van der Waals surface area (Å²) in [4.78, 5) is 15.6. The maximum absolute atomic E-state index is 13.5. The van der Waals surface area contributed by atoms with Crippen LogP contribution in [0.3, 0.4) is 0 Å². The van der Waals surface area contributed by atoms with Crippen LogP contribution in [-0.4, -0.2) is 21.1 Å². The van der Waals surface area contributed by atoms with Gasteiger partial charge in [-0.15, -0.1) is 5.10 Å². The summed E-state index contributed by atoms with van der Waals surface area (Å²) < 4.78 is 13.5. The average Bonchev–Trinajstić information content (AvgIpc) is 2.63. The van der Waals surface area contributed by atoms with E-state index in [9.17, 15) is 9.18 Å². The number of carbonyl (C=O) groups is 1. The quantitative estimate of drug-likeness (QED) is 0.832. The molecular weight excluding hydrogens is 223 g/mol. The third kappa shape index (κ3) is 2.47. The summed E-state index contributed by atoms with van der Waals surface area (Å²) in [6, 6.07) is 4.40. The monoisotopic (exact) mass is 234 g/mol. The van der Waals surface area contributed by atoms with Crippen LogP contribution in [0.1, 0.15) is 21.7 Å². The number of halogens is 1. The summed E-state index contributed by atoms with van der Waals surface area (Å²) in [7, 11) is 0. The van der Waals surface area contributed by atoms with Gasteiger partial charge in [-0.1, -0.05) is 6.07 Å². The lowest BCUT2D eigenvalue weighted by Crippen LogP contribution is -2.14. The lowest BCUT2D eigenvalue weighted by atomic mass is 10.1. The van der Waals surface area contributed by atoms with E-state index in [0.29, 0.717) is 5.82 Å². The smallest absolute Gasteiger partial charge is 0.261 e. The number of hydrogen-bond acceptors (Lipinski definition) is 3. The number of rotatable bonds is 2. The van der Waals surface area contributed by atoms with Gasteiger partial charge in [0, 0.05) is 0 Å². The van der Waals surface area contributed by atoms with E-state index in [-0.39, 0.29) is 11.5 Å². The van der Waals surface area contributed by atoms with Crippen molar-refractivity contribution in [1.82, 2.24) is 15.2 Å². The van der Waals surface area contributed by atoms with Gasteiger partial charge in [0.15, 0.2) is 0 Å². The zero-order valence-corrected chi connectivity index (χ0v) is 9.41. The van der Waals surface area contributed by atoms with Crippen molar-refractivity contribution in [3.05, 3.63) is 41.0 Å². The second-order valence-electron chi connectivity index (χ2n) is 3.68. The summed E-state index contributed by atoms with van der Waals surface area (Å²) in [5.41, 5.74) is 0.728. The standard InChI is InChI=1S/C11H11FN4O/c1-6-3-4-8(9(12)5-6)10(17)14-11-13-7(2)15-16-11/h3-5H,1-2H3,(H2,13,14,15,16,17). The fourth-order valence-electron chi connectivity index (χ4n) is 1.37. The minimum absolute atomic E-state index is 0.0296. The van der Waals surface area contributed by atoms with Crippen molar-refractivity contribution in [1.29, 1.82) is 0 Å². The first-order valence-corrected chi connectivity index (χ1v) is 5.03. The molecule has 0 unspecified atom stereocenters. The Kier molecular flexibility index (Phi) is 2.86. The Labute approximate surface area is 97.1 Å². The molecule has 0 fully saturated rings. The van der Waals surface area contributed by atoms with Crippen molar-refractivity contribution < 1.29 is 9.18 Å². The van der Waals surface area contributed by atoms with Crippen LogP contribution in [0, 0.1) is 19.7 Å². The normalized spacial score (nSPS) is 10.3. The lowest BCUT2D eigenvalue weighted by Gasteiger charge is -2.03. The highest BCUT2D eigenvalue weighted by Crippen LogP contribution is 2.11. The number of carbonyl (C=O) groups excluding carboxylic acids is 1. The van der Waals surface area contributed by atoms with Gasteiger partial charge < -0.3 is 0 Å². The van der Waals surface area contributed by atoms with Crippen LogP contribution in [0.15, 0.2) is 18.2 Å². The highest BCUT2D eigenvalue weighted by molar-refractivity contribution is 6.03. The maximum Gasteiger partial charge on any atom is 0.261 e. The molecule has 2 rings (SSSR count). The first-order valence-electron chi connectivity index (χ1n) is 5.03. The second kappa shape index (κ2) is 4.32. The number of anilines is 1. The van der Waals surface area contributed by atoms with Gasteiger partial charge in [-0.3, -0.25) is 15.2 Å². The van der Waals surface area contributed by atoms with Crippen molar-refractivity contribution in [2.45, 2.75) is 13.8 Å². The molecule has 0 spiro atoms. The molecule has 0 aliphatic carbocycles. The van der Waals surface area contributed by atoms with Crippen molar-refractivity contribution in [2.24, 2.45) is 0 Å². The highest BCUT2D eigenvalue weighted by atomic mass is 19.1. The fourth-order valence-corrected chi connectivity index (χ4v) is 1.37. The van der Waals surface area contributed by atoms with Gasteiger partial charge in [0.05, 0.1) is 5.56 Å². The van der Waals surface area contributed by atoms with Crippen LogP contribution >= 0.6 is 0 Å². The van der Waals surface area contributed by atoms with Crippen molar-refractivity contribution >= 4 is 11.9 Å². The molecule has 2 N–H and O–H groups in total. The van der Waals surface area contributed by atoms with Gasteiger partial charge in [-0.05, 0) is 31.5 Å². The van der Waals surface area contributed by atoms with Gasteiger partial charge in [-0.25, -0.2) is 4.39 Å². The van der Waals surface area contributed by atoms with E-state index in [2.05, 4.69) is 20.5 Å². The first kappa shape index (κ1) is 11.3. The van der Waals surface area contributed by atoms with E-state index in [0.717, 1.165) is 5.56 Å². The predicted octanol–water partition coefficient (Wildman–Crippen LogP) is 1.81.